The Morgan fingerprint density at radius 3 is 2.00 bits per heavy atom. The molecule has 0 aliphatic heterocycles. The standard InChI is InChI=1S/C15H8Cl2O5/c16-14(19)21-11-8-4-7-10(13(11)22-15(17)20)12(18)9-5-2-1-3-6-9/h1-8H. The van der Waals surface area contributed by atoms with Crippen molar-refractivity contribution in [2.45, 2.75) is 0 Å². The Bertz CT molecular complexity index is 728. The van der Waals surface area contributed by atoms with Gasteiger partial charge in [0.25, 0.3) is 0 Å². The van der Waals surface area contributed by atoms with E-state index in [0.717, 1.165) is 0 Å². The van der Waals surface area contributed by atoms with Crippen LogP contribution in [0.1, 0.15) is 15.9 Å². The van der Waals surface area contributed by atoms with Gasteiger partial charge in [-0.05, 0) is 12.1 Å². The van der Waals surface area contributed by atoms with E-state index in [4.69, 9.17) is 32.7 Å². The lowest BCUT2D eigenvalue weighted by molar-refractivity contribution is 0.103. The SMILES string of the molecule is O=C(Cl)Oc1cccc(C(=O)c2ccccc2)c1OC(=O)Cl. The van der Waals surface area contributed by atoms with E-state index in [9.17, 15) is 14.4 Å². The molecule has 0 aromatic heterocycles. The first-order chi connectivity index (χ1) is 10.5. The number of rotatable bonds is 4. The van der Waals surface area contributed by atoms with Crippen LogP contribution in [-0.2, 0) is 0 Å². The number of ether oxygens (including phenoxy) is 2. The zero-order valence-corrected chi connectivity index (χ0v) is 12.4. The van der Waals surface area contributed by atoms with Crippen molar-refractivity contribution < 1.29 is 23.9 Å². The largest absolute Gasteiger partial charge is 0.410 e. The number of hydrogen-bond acceptors (Lipinski definition) is 5. The molecule has 0 radical (unpaired) electrons. The Hall–Kier alpha value is -2.37. The van der Waals surface area contributed by atoms with Crippen LogP contribution in [-0.4, -0.2) is 16.6 Å². The highest BCUT2D eigenvalue weighted by atomic mass is 35.5. The van der Waals surface area contributed by atoms with E-state index in [0.29, 0.717) is 5.56 Å². The minimum absolute atomic E-state index is 0.00983. The normalized spacial score (nSPS) is 9.91. The summed E-state index contributed by atoms with van der Waals surface area (Å²) in [7, 11) is 0. The summed E-state index contributed by atoms with van der Waals surface area (Å²) in [6.45, 7) is 0. The Balaban J connectivity index is 2.52. The van der Waals surface area contributed by atoms with Gasteiger partial charge in [0.1, 0.15) is 0 Å². The van der Waals surface area contributed by atoms with Crippen molar-refractivity contribution in [2.75, 3.05) is 0 Å². The van der Waals surface area contributed by atoms with E-state index < -0.39 is 16.6 Å². The highest BCUT2D eigenvalue weighted by Crippen LogP contribution is 2.34. The average molecular weight is 339 g/mol. The van der Waals surface area contributed by atoms with E-state index in [1.165, 1.54) is 18.2 Å². The van der Waals surface area contributed by atoms with Crippen LogP contribution in [0.4, 0.5) is 9.59 Å². The van der Waals surface area contributed by atoms with Gasteiger partial charge in [-0.25, -0.2) is 9.59 Å². The second-order valence-corrected chi connectivity index (χ2v) is 4.62. The van der Waals surface area contributed by atoms with E-state index in [1.54, 1.807) is 30.3 Å². The highest BCUT2D eigenvalue weighted by molar-refractivity contribution is 6.62. The highest BCUT2D eigenvalue weighted by Gasteiger charge is 2.21. The first-order valence-electron chi connectivity index (χ1n) is 5.96. The lowest BCUT2D eigenvalue weighted by atomic mass is 10.0. The summed E-state index contributed by atoms with van der Waals surface area (Å²) in [5.41, 5.74) is -1.95. The van der Waals surface area contributed by atoms with Crippen LogP contribution in [0, 0.1) is 0 Å². The van der Waals surface area contributed by atoms with Gasteiger partial charge < -0.3 is 9.47 Å². The topological polar surface area (TPSA) is 69.7 Å². The number of hydrogen-bond donors (Lipinski definition) is 0. The molecule has 0 aliphatic rings. The molecule has 0 fully saturated rings. The molecule has 0 saturated carbocycles. The fourth-order valence-corrected chi connectivity index (χ4v) is 1.95. The summed E-state index contributed by atoms with van der Waals surface area (Å²) in [6, 6.07) is 12.5. The minimum Gasteiger partial charge on any atom is -0.410 e. The Kier molecular flexibility index (Phi) is 5.14. The number of carbonyl (C=O) groups excluding carboxylic acids is 3. The Labute approximate surface area is 135 Å². The Morgan fingerprint density at radius 1 is 0.773 bits per heavy atom. The summed E-state index contributed by atoms with van der Waals surface area (Å²) in [5.74, 6) is -0.887. The minimum atomic E-state index is -1.18. The smallest absolute Gasteiger partial charge is 0.409 e. The van der Waals surface area contributed by atoms with Crippen molar-refractivity contribution >= 4 is 39.8 Å². The molecule has 0 atom stereocenters. The monoisotopic (exact) mass is 338 g/mol. The maximum absolute atomic E-state index is 12.5. The summed E-state index contributed by atoms with van der Waals surface area (Å²) < 4.78 is 9.50. The second kappa shape index (κ2) is 7.06. The molecule has 5 nitrogen and oxygen atoms in total. The molecular weight excluding hydrogens is 331 g/mol. The van der Waals surface area contributed by atoms with Crippen LogP contribution in [0.25, 0.3) is 0 Å². The predicted molar refractivity (Wildman–Crippen MR) is 80.1 cm³/mol. The summed E-state index contributed by atoms with van der Waals surface area (Å²) in [6.07, 6.45) is 0. The zero-order valence-electron chi connectivity index (χ0n) is 10.9. The average Bonchev–Trinajstić information content (AvgIpc) is 2.48. The third-order valence-corrected chi connectivity index (χ3v) is 2.79. The Morgan fingerprint density at radius 2 is 1.41 bits per heavy atom. The van der Waals surface area contributed by atoms with Crippen LogP contribution >= 0.6 is 23.2 Å². The van der Waals surface area contributed by atoms with Crippen LogP contribution in [0.5, 0.6) is 11.5 Å². The van der Waals surface area contributed by atoms with Crippen LogP contribution < -0.4 is 9.47 Å². The maximum Gasteiger partial charge on any atom is 0.409 e. The molecule has 0 heterocycles. The quantitative estimate of drug-likeness (QED) is 0.610. The first-order valence-corrected chi connectivity index (χ1v) is 6.72. The molecule has 0 N–H and O–H groups in total. The van der Waals surface area contributed by atoms with Crippen molar-refractivity contribution in [1.29, 1.82) is 0 Å². The van der Waals surface area contributed by atoms with Crippen molar-refractivity contribution in [3.05, 3.63) is 59.7 Å². The zero-order chi connectivity index (χ0) is 16.1. The van der Waals surface area contributed by atoms with Crippen LogP contribution in [0.15, 0.2) is 48.5 Å². The fourth-order valence-electron chi connectivity index (χ4n) is 1.79. The summed E-state index contributed by atoms with van der Waals surface area (Å²) in [5, 5.41) is 0. The molecule has 22 heavy (non-hydrogen) atoms. The van der Waals surface area contributed by atoms with Gasteiger partial charge in [-0.1, -0.05) is 36.4 Å². The molecule has 2 aromatic carbocycles. The number of halogens is 2. The van der Waals surface area contributed by atoms with Gasteiger partial charge in [0, 0.05) is 28.8 Å². The lowest BCUT2D eigenvalue weighted by Crippen LogP contribution is -2.09. The molecule has 7 heteroatoms. The fraction of sp³-hybridized carbons (Fsp3) is 0. The van der Waals surface area contributed by atoms with Crippen molar-refractivity contribution in [1.82, 2.24) is 0 Å². The van der Waals surface area contributed by atoms with Crippen molar-refractivity contribution in [3.8, 4) is 11.5 Å². The molecule has 0 spiro atoms. The molecule has 2 rings (SSSR count). The molecule has 2 aromatic rings. The summed E-state index contributed by atoms with van der Waals surface area (Å²) in [4.78, 5) is 34.4. The number of benzene rings is 2. The van der Waals surface area contributed by atoms with E-state index in [1.807, 2.05) is 0 Å². The van der Waals surface area contributed by atoms with Gasteiger partial charge in [-0.3, -0.25) is 4.79 Å². The van der Waals surface area contributed by atoms with E-state index >= 15 is 0 Å². The summed E-state index contributed by atoms with van der Waals surface area (Å²) >= 11 is 10.3. The molecule has 0 aliphatic carbocycles. The first kappa shape index (κ1) is 16.0. The maximum atomic E-state index is 12.5. The van der Waals surface area contributed by atoms with E-state index in [-0.39, 0.29) is 17.1 Å². The van der Waals surface area contributed by atoms with Crippen LogP contribution in [0.3, 0.4) is 0 Å². The predicted octanol–water partition coefficient (Wildman–Crippen LogP) is 4.39. The number of para-hydroxylation sites is 1. The van der Waals surface area contributed by atoms with Gasteiger partial charge >= 0.3 is 10.9 Å². The molecule has 0 unspecified atom stereocenters. The number of ketones is 1. The van der Waals surface area contributed by atoms with Crippen LogP contribution in [0.2, 0.25) is 0 Å². The molecule has 112 valence electrons. The third-order valence-electron chi connectivity index (χ3n) is 2.63. The van der Waals surface area contributed by atoms with Gasteiger partial charge in [0.2, 0.25) is 0 Å². The van der Waals surface area contributed by atoms with Crippen molar-refractivity contribution in [3.63, 3.8) is 0 Å². The van der Waals surface area contributed by atoms with E-state index in [2.05, 4.69) is 0 Å². The van der Waals surface area contributed by atoms with Crippen molar-refractivity contribution in [2.24, 2.45) is 0 Å². The number of carbonyl (C=O) groups is 3. The molecule has 0 amide bonds. The van der Waals surface area contributed by atoms with Gasteiger partial charge in [0.15, 0.2) is 17.3 Å². The third kappa shape index (κ3) is 3.84. The lowest BCUT2D eigenvalue weighted by Gasteiger charge is -2.11. The van der Waals surface area contributed by atoms with Gasteiger partial charge in [-0.15, -0.1) is 0 Å². The molecule has 0 bridgehead atoms. The molecule has 0 saturated heterocycles. The van der Waals surface area contributed by atoms with Gasteiger partial charge in [0.05, 0.1) is 5.56 Å². The molecular formula is C15H8Cl2O5. The second-order valence-electron chi connectivity index (χ2n) is 4.01. The van der Waals surface area contributed by atoms with Gasteiger partial charge in [-0.2, -0.15) is 0 Å².